The van der Waals surface area contributed by atoms with Crippen LogP contribution in [0.1, 0.15) is 89.5 Å². The molecule has 0 bridgehead atoms. The molecular formula is C25H35BNO4S. The fourth-order valence-electron chi connectivity index (χ4n) is 7.09. The number of phenols is 2. The van der Waals surface area contributed by atoms with Crippen molar-refractivity contribution in [1.82, 2.24) is 4.31 Å². The molecule has 2 aliphatic carbocycles. The van der Waals surface area contributed by atoms with E-state index in [9.17, 15) is 15.2 Å². The highest BCUT2D eigenvalue weighted by Crippen LogP contribution is 2.60. The van der Waals surface area contributed by atoms with E-state index in [1.165, 1.54) is 31.2 Å². The third-order valence-corrected chi connectivity index (χ3v) is 9.82. The zero-order valence-electron chi connectivity index (χ0n) is 19.5. The first kappa shape index (κ1) is 22.5. The van der Waals surface area contributed by atoms with Gasteiger partial charge in [0, 0.05) is 28.7 Å². The molecule has 0 spiro atoms. The minimum Gasteiger partial charge on any atom is -0.504 e. The SMILES string of the molecule is CC1(C)CCCC2(C)c3c(oc4c([B]O)c(O)c(O)cc34)C(N3CCCCCS3)CCC12. The summed E-state index contributed by atoms with van der Waals surface area (Å²) in [5.74, 6) is 2.08. The first-order valence-electron chi connectivity index (χ1n) is 12.2. The maximum atomic E-state index is 10.5. The van der Waals surface area contributed by atoms with Crippen LogP contribution in [0.3, 0.4) is 0 Å². The Labute approximate surface area is 196 Å². The van der Waals surface area contributed by atoms with Crippen molar-refractivity contribution in [3.63, 3.8) is 0 Å². The van der Waals surface area contributed by atoms with Crippen molar-refractivity contribution in [2.24, 2.45) is 11.3 Å². The first-order chi connectivity index (χ1) is 15.3. The Hall–Kier alpha value is -1.31. The van der Waals surface area contributed by atoms with E-state index in [1.54, 1.807) is 6.07 Å². The lowest BCUT2D eigenvalue weighted by Crippen LogP contribution is -2.44. The molecular weight excluding hydrogens is 421 g/mol. The van der Waals surface area contributed by atoms with E-state index < -0.39 is 0 Å². The quantitative estimate of drug-likeness (QED) is 0.330. The lowest BCUT2D eigenvalue weighted by atomic mass is 9.53. The summed E-state index contributed by atoms with van der Waals surface area (Å²) in [7, 11) is 0.862. The van der Waals surface area contributed by atoms with Gasteiger partial charge in [-0.1, -0.05) is 45.6 Å². The number of nitrogens with zero attached hydrogens (tertiary/aromatic N) is 1. The number of rotatable bonds is 2. The maximum Gasteiger partial charge on any atom is 0.335 e. The predicted octanol–water partition coefficient (Wildman–Crippen LogP) is 5.13. The van der Waals surface area contributed by atoms with E-state index in [4.69, 9.17) is 4.42 Å². The molecule has 7 heteroatoms. The molecule has 1 aromatic heterocycles. The van der Waals surface area contributed by atoms with Crippen LogP contribution in [0.4, 0.5) is 0 Å². The van der Waals surface area contributed by atoms with Crippen LogP contribution in [0.25, 0.3) is 11.0 Å². The zero-order valence-corrected chi connectivity index (χ0v) is 20.3. The Kier molecular flexibility index (Phi) is 5.74. The van der Waals surface area contributed by atoms with Crippen LogP contribution in [0.2, 0.25) is 0 Å². The Morgan fingerprint density at radius 1 is 1.09 bits per heavy atom. The summed E-state index contributed by atoms with van der Waals surface area (Å²) in [6.07, 6.45) is 9.38. The van der Waals surface area contributed by atoms with Crippen LogP contribution in [0, 0.1) is 11.3 Å². The molecule has 3 unspecified atom stereocenters. The topological polar surface area (TPSA) is 77.1 Å². The van der Waals surface area contributed by atoms with Gasteiger partial charge < -0.3 is 19.7 Å². The first-order valence-corrected chi connectivity index (χ1v) is 13.1. The van der Waals surface area contributed by atoms with Crippen molar-refractivity contribution in [1.29, 1.82) is 0 Å². The molecule has 2 aromatic rings. The molecule has 1 radical (unpaired) electrons. The number of fused-ring (bicyclic) bond motifs is 5. The second kappa shape index (κ2) is 8.17. The molecule has 32 heavy (non-hydrogen) atoms. The van der Waals surface area contributed by atoms with Gasteiger partial charge in [0.15, 0.2) is 11.5 Å². The van der Waals surface area contributed by atoms with E-state index in [0.29, 0.717) is 11.5 Å². The normalized spacial score (nSPS) is 30.9. The standard InChI is InChI=1S/C25H35BNO4S/c1-24(2)10-7-11-25(3)18(24)9-8-16(27-12-5-4-6-13-32-27)23-19(25)15-14-17(28)21(29)20(26-30)22(15)31-23/h14,16,18,28-30H,4-13H2,1-3H3. The van der Waals surface area contributed by atoms with Gasteiger partial charge in [0.2, 0.25) is 0 Å². The van der Waals surface area contributed by atoms with Gasteiger partial charge in [-0.25, -0.2) is 4.31 Å². The van der Waals surface area contributed by atoms with Gasteiger partial charge in [-0.3, -0.25) is 0 Å². The van der Waals surface area contributed by atoms with Crippen molar-refractivity contribution in [2.45, 2.75) is 83.6 Å². The average Bonchev–Trinajstić information content (AvgIpc) is 2.89. The predicted molar refractivity (Wildman–Crippen MR) is 131 cm³/mol. The molecule has 1 saturated heterocycles. The fraction of sp³-hybridized carbons (Fsp3) is 0.680. The van der Waals surface area contributed by atoms with Gasteiger partial charge in [-0.15, -0.1) is 0 Å². The zero-order chi connectivity index (χ0) is 22.7. The number of phenolic OH excluding ortho intramolecular Hbond substituents is 2. The molecule has 3 atom stereocenters. The number of benzene rings is 1. The molecule has 1 aromatic carbocycles. The minimum atomic E-state index is -0.324. The van der Waals surface area contributed by atoms with Crippen LogP contribution in [0.5, 0.6) is 11.5 Å². The number of hydrogen-bond acceptors (Lipinski definition) is 6. The molecule has 0 amide bonds. The highest BCUT2D eigenvalue weighted by molar-refractivity contribution is 7.97. The molecule has 1 aliphatic heterocycles. The second-order valence-electron chi connectivity index (χ2n) is 10.9. The van der Waals surface area contributed by atoms with Gasteiger partial charge >= 0.3 is 7.48 Å². The molecule has 2 fully saturated rings. The highest BCUT2D eigenvalue weighted by Gasteiger charge is 2.52. The van der Waals surface area contributed by atoms with Crippen molar-refractivity contribution < 1.29 is 19.7 Å². The molecule has 2 heterocycles. The summed E-state index contributed by atoms with van der Waals surface area (Å²) in [4.78, 5) is 0. The van der Waals surface area contributed by atoms with Crippen LogP contribution < -0.4 is 5.46 Å². The van der Waals surface area contributed by atoms with Gasteiger partial charge in [-0.05, 0) is 61.3 Å². The Balaban J connectivity index is 1.78. The molecule has 5 nitrogen and oxygen atoms in total. The Bertz CT molecular complexity index is 1010. The summed E-state index contributed by atoms with van der Waals surface area (Å²) >= 11 is 1.94. The lowest BCUT2D eigenvalue weighted by Gasteiger charge is -2.50. The van der Waals surface area contributed by atoms with Crippen molar-refractivity contribution in [3.8, 4) is 11.5 Å². The van der Waals surface area contributed by atoms with E-state index in [-0.39, 0.29) is 33.8 Å². The van der Waals surface area contributed by atoms with Crippen LogP contribution in [-0.4, -0.2) is 39.3 Å². The summed E-state index contributed by atoms with van der Waals surface area (Å²) < 4.78 is 9.13. The molecule has 3 N–H and O–H groups in total. The highest BCUT2D eigenvalue weighted by atomic mass is 32.2. The number of furan rings is 1. The van der Waals surface area contributed by atoms with Crippen molar-refractivity contribution >= 4 is 35.9 Å². The molecule has 3 aliphatic rings. The molecule has 1 saturated carbocycles. The van der Waals surface area contributed by atoms with Gasteiger partial charge in [0.1, 0.15) is 11.3 Å². The van der Waals surface area contributed by atoms with Gasteiger partial charge in [0.05, 0.1) is 6.04 Å². The average molecular weight is 456 g/mol. The van der Waals surface area contributed by atoms with E-state index in [2.05, 4.69) is 25.1 Å². The lowest BCUT2D eigenvalue weighted by molar-refractivity contribution is 0.0491. The summed E-state index contributed by atoms with van der Waals surface area (Å²) in [6.45, 7) is 8.26. The van der Waals surface area contributed by atoms with E-state index in [1.807, 2.05) is 11.9 Å². The van der Waals surface area contributed by atoms with Crippen LogP contribution in [-0.2, 0) is 5.41 Å². The summed E-state index contributed by atoms with van der Waals surface area (Å²) in [5.41, 5.74) is 1.99. The third-order valence-electron chi connectivity index (χ3n) is 8.58. The van der Waals surface area contributed by atoms with Gasteiger partial charge in [0.25, 0.3) is 0 Å². The van der Waals surface area contributed by atoms with Crippen molar-refractivity contribution in [2.75, 3.05) is 12.3 Å². The fourth-order valence-corrected chi connectivity index (χ4v) is 8.30. The monoisotopic (exact) mass is 456 g/mol. The van der Waals surface area contributed by atoms with Gasteiger partial charge in [-0.2, -0.15) is 0 Å². The number of hydrogen-bond donors (Lipinski definition) is 3. The summed E-state index contributed by atoms with van der Waals surface area (Å²) in [5, 5.41) is 31.7. The van der Waals surface area contributed by atoms with Crippen LogP contribution in [0.15, 0.2) is 10.5 Å². The van der Waals surface area contributed by atoms with Crippen LogP contribution >= 0.6 is 11.9 Å². The number of aromatic hydroxyl groups is 2. The third kappa shape index (κ3) is 3.38. The minimum absolute atomic E-state index is 0.0796. The van der Waals surface area contributed by atoms with E-state index in [0.717, 1.165) is 56.6 Å². The Morgan fingerprint density at radius 2 is 1.91 bits per heavy atom. The second-order valence-corrected chi connectivity index (χ2v) is 12.1. The smallest absolute Gasteiger partial charge is 0.335 e. The molecule has 5 rings (SSSR count). The molecule has 173 valence electrons. The summed E-state index contributed by atoms with van der Waals surface area (Å²) in [6, 6.07) is 1.82. The largest absolute Gasteiger partial charge is 0.504 e. The van der Waals surface area contributed by atoms with Crippen molar-refractivity contribution in [3.05, 3.63) is 17.4 Å². The Morgan fingerprint density at radius 3 is 2.69 bits per heavy atom. The van der Waals surface area contributed by atoms with E-state index >= 15 is 0 Å². The maximum absolute atomic E-state index is 10.5.